The zero-order valence-corrected chi connectivity index (χ0v) is 16.1. The highest BCUT2D eigenvalue weighted by Gasteiger charge is 2.21. The monoisotopic (exact) mass is 386 g/mol. The molecule has 3 aromatic rings. The van der Waals surface area contributed by atoms with Gasteiger partial charge in [0.25, 0.3) is 5.91 Å². The van der Waals surface area contributed by atoms with Crippen LogP contribution in [0.25, 0.3) is 11.3 Å². The smallest absolute Gasteiger partial charge is 0.274 e. The number of hydrogen-bond acceptors (Lipinski definition) is 3. The van der Waals surface area contributed by atoms with Gasteiger partial charge in [0.2, 0.25) is 0 Å². The van der Waals surface area contributed by atoms with Crippen molar-refractivity contribution in [3.05, 3.63) is 71.2 Å². The van der Waals surface area contributed by atoms with Gasteiger partial charge in [-0.3, -0.25) is 9.78 Å². The second-order valence-corrected chi connectivity index (χ2v) is 7.10. The van der Waals surface area contributed by atoms with E-state index in [1.54, 1.807) is 34.3 Å². The van der Waals surface area contributed by atoms with Gasteiger partial charge in [0.1, 0.15) is 11.5 Å². The van der Waals surface area contributed by atoms with Crippen LogP contribution in [-0.4, -0.2) is 31.4 Å². The van der Waals surface area contributed by atoms with Gasteiger partial charge in [-0.1, -0.05) is 11.6 Å². The molecule has 2 aromatic heterocycles. The van der Waals surface area contributed by atoms with E-state index in [4.69, 9.17) is 11.6 Å². The fourth-order valence-corrected chi connectivity index (χ4v) is 3.01. The highest BCUT2D eigenvalue weighted by atomic mass is 35.5. The first-order valence-electron chi connectivity index (χ1n) is 8.54. The normalized spacial score (nSPS) is 11.0. The molecule has 0 saturated carbocycles. The predicted octanol–water partition coefficient (Wildman–Crippen LogP) is 4.33. The molecule has 27 heavy (non-hydrogen) atoms. The van der Waals surface area contributed by atoms with Crippen molar-refractivity contribution in [2.45, 2.75) is 26.4 Å². The standard InChI is InChI=1S/C20H20ClFN4O/c1-13(2)26(20(27)19-11-25(3)12-24-19)10-14-4-5-23-18(6-14)15-7-16(21)9-17(22)8-15/h4-9,11-13H,10H2,1-3H3. The molecule has 0 bridgehead atoms. The molecule has 0 radical (unpaired) electrons. The summed E-state index contributed by atoms with van der Waals surface area (Å²) in [6, 6.07) is 7.96. The van der Waals surface area contributed by atoms with Crippen LogP contribution in [0.3, 0.4) is 0 Å². The lowest BCUT2D eigenvalue weighted by atomic mass is 10.1. The summed E-state index contributed by atoms with van der Waals surface area (Å²) in [5.74, 6) is -0.559. The molecule has 0 fully saturated rings. The summed E-state index contributed by atoms with van der Waals surface area (Å²) in [6.45, 7) is 4.30. The van der Waals surface area contributed by atoms with Gasteiger partial charge in [-0.05, 0) is 49.7 Å². The third kappa shape index (κ3) is 4.52. The summed E-state index contributed by atoms with van der Waals surface area (Å²) >= 11 is 5.95. The van der Waals surface area contributed by atoms with Crippen LogP contribution in [-0.2, 0) is 13.6 Å². The van der Waals surface area contributed by atoms with Gasteiger partial charge in [0.15, 0.2) is 0 Å². The quantitative estimate of drug-likeness (QED) is 0.656. The van der Waals surface area contributed by atoms with Crippen molar-refractivity contribution in [2.24, 2.45) is 7.05 Å². The highest BCUT2D eigenvalue weighted by Crippen LogP contribution is 2.24. The fourth-order valence-electron chi connectivity index (χ4n) is 2.79. The molecule has 5 nitrogen and oxygen atoms in total. The van der Waals surface area contributed by atoms with Crippen LogP contribution in [0.15, 0.2) is 49.1 Å². The van der Waals surface area contributed by atoms with Gasteiger partial charge >= 0.3 is 0 Å². The van der Waals surface area contributed by atoms with E-state index in [9.17, 15) is 9.18 Å². The molecule has 7 heteroatoms. The van der Waals surface area contributed by atoms with Crippen molar-refractivity contribution in [3.8, 4) is 11.3 Å². The number of imidazole rings is 1. The van der Waals surface area contributed by atoms with Gasteiger partial charge < -0.3 is 9.47 Å². The first-order chi connectivity index (χ1) is 12.8. The molecular formula is C20H20ClFN4O. The number of rotatable bonds is 5. The number of nitrogens with zero attached hydrogens (tertiary/aromatic N) is 4. The molecule has 1 amide bonds. The highest BCUT2D eigenvalue weighted by molar-refractivity contribution is 6.30. The Hall–Kier alpha value is -2.73. The second kappa shape index (κ2) is 7.88. The number of halogens is 2. The van der Waals surface area contributed by atoms with Crippen molar-refractivity contribution >= 4 is 17.5 Å². The van der Waals surface area contributed by atoms with Crippen molar-refractivity contribution in [1.29, 1.82) is 0 Å². The van der Waals surface area contributed by atoms with Gasteiger partial charge in [0, 0.05) is 42.6 Å². The van der Waals surface area contributed by atoms with E-state index in [0.717, 1.165) is 5.56 Å². The van der Waals surface area contributed by atoms with E-state index in [2.05, 4.69) is 9.97 Å². The molecule has 0 unspecified atom stereocenters. The van der Waals surface area contributed by atoms with E-state index in [1.807, 2.05) is 33.0 Å². The number of aryl methyl sites for hydroxylation is 1. The predicted molar refractivity (Wildman–Crippen MR) is 103 cm³/mol. The zero-order chi connectivity index (χ0) is 19.6. The average molecular weight is 387 g/mol. The van der Waals surface area contributed by atoms with E-state index in [-0.39, 0.29) is 11.9 Å². The molecule has 0 aliphatic rings. The van der Waals surface area contributed by atoms with Crippen LogP contribution < -0.4 is 0 Å². The van der Waals surface area contributed by atoms with E-state index in [1.165, 1.54) is 12.1 Å². The lowest BCUT2D eigenvalue weighted by molar-refractivity contribution is 0.0684. The molecule has 0 aliphatic heterocycles. The van der Waals surface area contributed by atoms with Crippen molar-refractivity contribution in [3.63, 3.8) is 0 Å². The van der Waals surface area contributed by atoms with Crippen LogP contribution in [0.5, 0.6) is 0 Å². The summed E-state index contributed by atoms with van der Waals surface area (Å²) in [7, 11) is 1.82. The Labute approximate surface area is 162 Å². The largest absolute Gasteiger partial charge is 0.340 e. The number of benzene rings is 1. The van der Waals surface area contributed by atoms with Crippen LogP contribution in [0.2, 0.25) is 5.02 Å². The molecule has 0 atom stereocenters. The van der Waals surface area contributed by atoms with E-state index in [0.29, 0.717) is 28.5 Å². The van der Waals surface area contributed by atoms with Gasteiger partial charge in [-0.2, -0.15) is 0 Å². The zero-order valence-electron chi connectivity index (χ0n) is 15.4. The topological polar surface area (TPSA) is 51.0 Å². The van der Waals surface area contributed by atoms with Crippen molar-refractivity contribution in [1.82, 2.24) is 19.4 Å². The first kappa shape index (κ1) is 19.0. The number of pyridine rings is 1. The second-order valence-electron chi connectivity index (χ2n) is 6.66. The summed E-state index contributed by atoms with van der Waals surface area (Å²) in [5, 5.41) is 0.311. The number of hydrogen-bond donors (Lipinski definition) is 0. The minimum atomic E-state index is -0.418. The molecule has 0 saturated heterocycles. The molecule has 0 spiro atoms. The summed E-state index contributed by atoms with van der Waals surface area (Å²) < 4.78 is 15.4. The molecule has 3 rings (SSSR count). The number of aromatic nitrogens is 3. The van der Waals surface area contributed by atoms with Gasteiger partial charge in [-0.25, -0.2) is 9.37 Å². The maximum absolute atomic E-state index is 13.7. The lowest BCUT2D eigenvalue weighted by Crippen LogP contribution is -2.36. The average Bonchev–Trinajstić information content (AvgIpc) is 3.05. The lowest BCUT2D eigenvalue weighted by Gasteiger charge is -2.26. The number of carbonyl (C=O) groups is 1. The van der Waals surface area contributed by atoms with Crippen molar-refractivity contribution in [2.75, 3.05) is 0 Å². The van der Waals surface area contributed by atoms with Crippen molar-refractivity contribution < 1.29 is 9.18 Å². The van der Waals surface area contributed by atoms with Gasteiger partial charge in [0.05, 0.1) is 12.0 Å². The Morgan fingerprint density at radius 3 is 2.67 bits per heavy atom. The minimum Gasteiger partial charge on any atom is -0.340 e. The number of amides is 1. The Balaban J connectivity index is 1.88. The molecular weight excluding hydrogens is 367 g/mol. The number of carbonyl (C=O) groups excluding carboxylic acids is 1. The summed E-state index contributed by atoms with van der Waals surface area (Å²) in [5.41, 5.74) is 2.48. The van der Waals surface area contributed by atoms with Crippen LogP contribution in [0.1, 0.15) is 29.9 Å². The Kier molecular flexibility index (Phi) is 5.56. The Morgan fingerprint density at radius 2 is 2.04 bits per heavy atom. The van der Waals surface area contributed by atoms with Crippen LogP contribution >= 0.6 is 11.6 Å². The molecule has 2 heterocycles. The SMILES string of the molecule is CC(C)N(Cc1ccnc(-c2cc(F)cc(Cl)c2)c1)C(=O)c1cn(C)cn1. The first-order valence-corrected chi connectivity index (χ1v) is 8.91. The van der Waals surface area contributed by atoms with Crippen LogP contribution in [0.4, 0.5) is 4.39 Å². The Bertz CT molecular complexity index is 950. The van der Waals surface area contributed by atoms with E-state index >= 15 is 0 Å². The Morgan fingerprint density at radius 1 is 1.26 bits per heavy atom. The molecule has 0 aliphatic carbocycles. The summed E-state index contributed by atoms with van der Waals surface area (Å²) in [4.78, 5) is 23.0. The maximum atomic E-state index is 13.7. The molecule has 0 N–H and O–H groups in total. The minimum absolute atomic E-state index is 0.0141. The molecule has 1 aromatic carbocycles. The van der Waals surface area contributed by atoms with E-state index < -0.39 is 5.82 Å². The van der Waals surface area contributed by atoms with Crippen LogP contribution in [0, 0.1) is 5.82 Å². The summed E-state index contributed by atoms with van der Waals surface area (Å²) in [6.07, 6.45) is 4.95. The fraction of sp³-hybridized carbons (Fsp3) is 0.250. The third-order valence-corrected chi connectivity index (χ3v) is 4.36. The maximum Gasteiger partial charge on any atom is 0.274 e. The molecule has 140 valence electrons. The van der Waals surface area contributed by atoms with Gasteiger partial charge in [-0.15, -0.1) is 0 Å². The third-order valence-electron chi connectivity index (χ3n) is 4.14.